The van der Waals surface area contributed by atoms with Gasteiger partial charge in [-0.3, -0.25) is 0 Å². The van der Waals surface area contributed by atoms with Gasteiger partial charge in [-0.15, -0.1) is 0 Å². The molecule has 106 valence electrons. The summed E-state index contributed by atoms with van der Waals surface area (Å²) in [6, 6.07) is 27.7. The minimum absolute atomic E-state index is 0.883. The van der Waals surface area contributed by atoms with Crippen molar-refractivity contribution in [2.24, 2.45) is 0 Å². The summed E-state index contributed by atoms with van der Waals surface area (Å²) in [5.41, 5.74) is 2.50. The molecule has 0 radical (unpaired) electrons. The third kappa shape index (κ3) is 2.03. The van der Waals surface area contributed by atoms with Crippen LogP contribution in [0.2, 0.25) is 0 Å². The zero-order valence-electron chi connectivity index (χ0n) is 12.4. The van der Waals surface area contributed by atoms with Gasteiger partial charge in [-0.2, -0.15) is 0 Å². The van der Waals surface area contributed by atoms with E-state index in [0.717, 1.165) is 5.75 Å². The molecule has 1 nitrogen and oxygen atoms in total. The molecule has 0 aliphatic carbocycles. The molecule has 4 aromatic carbocycles. The van der Waals surface area contributed by atoms with Crippen LogP contribution in [0.25, 0.3) is 32.7 Å². The second kappa shape index (κ2) is 5.19. The lowest BCUT2D eigenvalue weighted by Crippen LogP contribution is -1.86. The van der Waals surface area contributed by atoms with Crippen molar-refractivity contribution < 1.29 is 4.74 Å². The average molecular weight is 284 g/mol. The number of rotatable bonds is 2. The highest BCUT2D eigenvalue weighted by atomic mass is 16.5. The summed E-state index contributed by atoms with van der Waals surface area (Å²) in [4.78, 5) is 0. The summed E-state index contributed by atoms with van der Waals surface area (Å²) >= 11 is 0. The van der Waals surface area contributed by atoms with Crippen LogP contribution in [-0.2, 0) is 0 Å². The highest BCUT2D eigenvalue weighted by Crippen LogP contribution is 2.36. The van der Waals surface area contributed by atoms with Gasteiger partial charge in [0, 0.05) is 0 Å². The van der Waals surface area contributed by atoms with Crippen molar-refractivity contribution in [3.63, 3.8) is 0 Å². The summed E-state index contributed by atoms with van der Waals surface area (Å²) in [5.74, 6) is 0.883. The highest BCUT2D eigenvalue weighted by molar-refractivity contribution is 6.12. The van der Waals surface area contributed by atoms with Crippen molar-refractivity contribution in [3.8, 4) is 16.9 Å². The van der Waals surface area contributed by atoms with E-state index in [4.69, 9.17) is 4.74 Å². The largest absolute Gasteiger partial charge is 0.497 e. The van der Waals surface area contributed by atoms with E-state index < -0.39 is 0 Å². The Labute approximate surface area is 129 Å². The molecule has 4 aromatic rings. The predicted molar refractivity (Wildman–Crippen MR) is 93.4 cm³/mol. The molecule has 0 saturated heterocycles. The molecule has 0 bridgehead atoms. The number of hydrogen-bond donors (Lipinski definition) is 0. The molecule has 0 aromatic heterocycles. The molecule has 0 heterocycles. The summed E-state index contributed by atoms with van der Waals surface area (Å²) in [6.45, 7) is 0. The lowest BCUT2D eigenvalue weighted by molar-refractivity contribution is 0.415. The van der Waals surface area contributed by atoms with E-state index in [1.165, 1.54) is 32.7 Å². The first kappa shape index (κ1) is 12.9. The monoisotopic (exact) mass is 284 g/mol. The number of benzene rings is 4. The van der Waals surface area contributed by atoms with Gasteiger partial charge in [-0.1, -0.05) is 60.7 Å². The fourth-order valence-corrected chi connectivity index (χ4v) is 3.08. The lowest BCUT2D eigenvalue weighted by atomic mass is 9.92. The normalized spacial score (nSPS) is 11.0. The van der Waals surface area contributed by atoms with E-state index in [1.807, 2.05) is 12.1 Å². The minimum atomic E-state index is 0.883. The molecule has 0 aliphatic heterocycles. The lowest BCUT2D eigenvalue weighted by Gasteiger charge is -2.12. The average Bonchev–Trinajstić information content (AvgIpc) is 2.60. The van der Waals surface area contributed by atoms with E-state index in [-0.39, 0.29) is 0 Å². The first-order chi connectivity index (χ1) is 10.9. The molecule has 0 amide bonds. The van der Waals surface area contributed by atoms with Crippen LogP contribution >= 0.6 is 0 Å². The van der Waals surface area contributed by atoms with E-state index in [1.54, 1.807) is 7.11 Å². The first-order valence-corrected chi connectivity index (χ1v) is 7.42. The zero-order valence-corrected chi connectivity index (χ0v) is 12.4. The Morgan fingerprint density at radius 2 is 1.18 bits per heavy atom. The Hall–Kier alpha value is -2.80. The van der Waals surface area contributed by atoms with Crippen molar-refractivity contribution >= 4 is 21.5 Å². The smallest absolute Gasteiger partial charge is 0.118 e. The van der Waals surface area contributed by atoms with Gasteiger partial charge in [0.15, 0.2) is 0 Å². The van der Waals surface area contributed by atoms with Crippen molar-refractivity contribution in [3.05, 3.63) is 78.9 Å². The van der Waals surface area contributed by atoms with Crippen LogP contribution < -0.4 is 4.74 Å². The Balaban J connectivity index is 2.11. The summed E-state index contributed by atoms with van der Waals surface area (Å²) in [5, 5.41) is 5.11. The number of ether oxygens (including phenoxy) is 1. The standard InChI is InChI=1S/C21H16O/c1-22-18-12-10-15(11-13-18)21-19-8-4-2-6-16(19)14-17-7-3-5-9-20(17)21/h2-14H,1H3. The van der Waals surface area contributed by atoms with Gasteiger partial charge in [0.05, 0.1) is 7.11 Å². The first-order valence-electron chi connectivity index (χ1n) is 7.42. The van der Waals surface area contributed by atoms with E-state index in [9.17, 15) is 0 Å². The molecule has 0 spiro atoms. The van der Waals surface area contributed by atoms with Crippen LogP contribution in [0.4, 0.5) is 0 Å². The Kier molecular flexibility index (Phi) is 3.05. The van der Waals surface area contributed by atoms with Crippen molar-refractivity contribution in [2.45, 2.75) is 0 Å². The maximum atomic E-state index is 5.28. The van der Waals surface area contributed by atoms with Gasteiger partial charge in [0.1, 0.15) is 5.75 Å². The van der Waals surface area contributed by atoms with E-state index >= 15 is 0 Å². The van der Waals surface area contributed by atoms with Gasteiger partial charge in [-0.05, 0) is 50.9 Å². The van der Waals surface area contributed by atoms with Crippen LogP contribution in [0, 0.1) is 0 Å². The molecule has 4 rings (SSSR count). The topological polar surface area (TPSA) is 9.23 Å². The fraction of sp³-hybridized carbons (Fsp3) is 0.0476. The number of methoxy groups -OCH3 is 1. The maximum Gasteiger partial charge on any atom is 0.118 e. The predicted octanol–water partition coefficient (Wildman–Crippen LogP) is 5.67. The summed E-state index contributed by atoms with van der Waals surface area (Å²) in [7, 11) is 1.70. The van der Waals surface area contributed by atoms with Crippen LogP contribution in [0.15, 0.2) is 78.9 Å². The van der Waals surface area contributed by atoms with E-state index in [0.29, 0.717) is 0 Å². The molecule has 0 fully saturated rings. The molecule has 0 saturated carbocycles. The maximum absolute atomic E-state index is 5.28. The Bertz CT molecular complexity index is 898. The van der Waals surface area contributed by atoms with Crippen molar-refractivity contribution in [2.75, 3.05) is 7.11 Å². The molecule has 1 heteroatoms. The quantitative estimate of drug-likeness (QED) is 0.431. The second-order valence-electron chi connectivity index (χ2n) is 5.42. The highest BCUT2D eigenvalue weighted by Gasteiger charge is 2.09. The van der Waals surface area contributed by atoms with Crippen molar-refractivity contribution in [1.82, 2.24) is 0 Å². The van der Waals surface area contributed by atoms with Crippen LogP contribution in [0.3, 0.4) is 0 Å². The summed E-state index contributed by atoms with van der Waals surface area (Å²) < 4.78 is 5.28. The fourth-order valence-electron chi connectivity index (χ4n) is 3.08. The molecule has 0 unspecified atom stereocenters. The molecule has 0 aliphatic rings. The van der Waals surface area contributed by atoms with Gasteiger partial charge in [0.2, 0.25) is 0 Å². The zero-order chi connectivity index (χ0) is 14.9. The van der Waals surface area contributed by atoms with Crippen molar-refractivity contribution in [1.29, 1.82) is 0 Å². The van der Waals surface area contributed by atoms with E-state index in [2.05, 4.69) is 66.7 Å². The van der Waals surface area contributed by atoms with Gasteiger partial charge in [0.25, 0.3) is 0 Å². The third-order valence-corrected chi connectivity index (χ3v) is 4.15. The van der Waals surface area contributed by atoms with Gasteiger partial charge < -0.3 is 4.74 Å². The van der Waals surface area contributed by atoms with Gasteiger partial charge >= 0.3 is 0 Å². The molecule has 0 N–H and O–H groups in total. The van der Waals surface area contributed by atoms with Crippen LogP contribution in [0.5, 0.6) is 5.75 Å². The third-order valence-electron chi connectivity index (χ3n) is 4.15. The SMILES string of the molecule is COc1ccc(-c2c3ccccc3cc3ccccc23)cc1. The van der Waals surface area contributed by atoms with Crippen LogP contribution in [-0.4, -0.2) is 7.11 Å². The number of fused-ring (bicyclic) bond motifs is 2. The Morgan fingerprint density at radius 3 is 1.73 bits per heavy atom. The minimum Gasteiger partial charge on any atom is -0.497 e. The van der Waals surface area contributed by atoms with Crippen LogP contribution in [0.1, 0.15) is 0 Å². The number of hydrogen-bond acceptors (Lipinski definition) is 1. The molecular weight excluding hydrogens is 268 g/mol. The summed E-state index contributed by atoms with van der Waals surface area (Å²) in [6.07, 6.45) is 0. The Morgan fingerprint density at radius 1 is 0.636 bits per heavy atom. The second-order valence-corrected chi connectivity index (χ2v) is 5.42. The molecule has 22 heavy (non-hydrogen) atoms. The van der Waals surface area contributed by atoms with Gasteiger partial charge in [-0.25, -0.2) is 0 Å². The molecular formula is C21H16O. The molecule has 0 atom stereocenters.